The van der Waals surface area contributed by atoms with Gasteiger partial charge in [0.25, 0.3) is 0 Å². The molecule has 26 heavy (non-hydrogen) atoms. The Hall–Kier alpha value is -1.60. The number of benzene rings is 1. The molecule has 4 nitrogen and oxygen atoms in total. The molecule has 0 unspecified atom stereocenters. The molecule has 144 valence electrons. The van der Waals surface area contributed by atoms with Crippen molar-refractivity contribution in [3.05, 3.63) is 35.4 Å². The summed E-state index contributed by atoms with van der Waals surface area (Å²) in [7, 11) is 3.48. The van der Waals surface area contributed by atoms with E-state index < -0.39 is 11.7 Å². The number of rotatable bonds is 4. The molecule has 0 saturated carbocycles. The fourth-order valence-corrected chi connectivity index (χ4v) is 3.98. The van der Waals surface area contributed by atoms with E-state index in [0.29, 0.717) is 37.0 Å². The molecule has 0 N–H and O–H groups in total. The Balaban J connectivity index is 1.58. The summed E-state index contributed by atoms with van der Waals surface area (Å²) in [6, 6.07) is 5.54. The number of hydrogen-bond acceptors (Lipinski definition) is 3. The molecule has 0 bridgehead atoms. The summed E-state index contributed by atoms with van der Waals surface area (Å²) in [6.07, 6.45) is -3.03. The lowest BCUT2D eigenvalue weighted by Crippen LogP contribution is -2.41. The third-order valence-electron chi connectivity index (χ3n) is 5.41. The molecule has 0 spiro atoms. The summed E-state index contributed by atoms with van der Waals surface area (Å²) in [6.45, 7) is 2.74. The van der Waals surface area contributed by atoms with Gasteiger partial charge in [0.1, 0.15) is 0 Å². The quantitative estimate of drug-likeness (QED) is 0.817. The van der Waals surface area contributed by atoms with E-state index in [2.05, 4.69) is 4.90 Å². The molecule has 3 atom stereocenters. The molecule has 2 fully saturated rings. The summed E-state index contributed by atoms with van der Waals surface area (Å²) in [4.78, 5) is 15.7. The Kier molecular flexibility index (Phi) is 5.58. The van der Waals surface area contributed by atoms with Gasteiger partial charge < -0.3 is 9.64 Å². The maximum absolute atomic E-state index is 12.9. The van der Waals surface area contributed by atoms with Crippen LogP contribution in [0.2, 0.25) is 0 Å². The Labute approximate surface area is 151 Å². The first kappa shape index (κ1) is 19.2. The molecule has 2 heterocycles. The molecular weight excluding hydrogens is 345 g/mol. The second kappa shape index (κ2) is 7.56. The summed E-state index contributed by atoms with van der Waals surface area (Å²) in [5.41, 5.74) is 0.0767. The number of ether oxygens (including phenoxy) is 1. The number of fused-ring (bicyclic) bond motifs is 1. The van der Waals surface area contributed by atoms with Gasteiger partial charge in [0.05, 0.1) is 24.7 Å². The molecule has 0 aliphatic carbocycles. The fourth-order valence-electron chi connectivity index (χ4n) is 3.98. The van der Waals surface area contributed by atoms with E-state index in [1.54, 1.807) is 25.1 Å². The molecule has 2 saturated heterocycles. The molecule has 3 rings (SSSR count). The minimum absolute atomic E-state index is 0.0365. The van der Waals surface area contributed by atoms with E-state index in [-0.39, 0.29) is 12.0 Å². The van der Waals surface area contributed by atoms with Crippen molar-refractivity contribution in [3.63, 3.8) is 0 Å². The predicted octanol–water partition coefficient (Wildman–Crippen LogP) is 3.02. The highest BCUT2D eigenvalue weighted by atomic mass is 19.4. The van der Waals surface area contributed by atoms with Gasteiger partial charge in [-0.15, -0.1) is 0 Å². The van der Waals surface area contributed by atoms with E-state index >= 15 is 0 Å². The number of amides is 1. The van der Waals surface area contributed by atoms with Gasteiger partial charge in [-0.05, 0) is 30.5 Å². The minimum Gasteiger partial charge on any atom is -0.377 e. The van der Waals surface area contributed by atoms with Gasteiger partial charge in [0, 0.05) is 33.1 Å². The van der Waals surface area contributed by atoms with E-state index in [0.717, 1.165) is 25.6 Å². The van der Waals surface area contributed by atoms with E-state index in [4.69, 9.17) is 4.74 Å². The lowest BCUT2D eigenvalue weighted by Gasteiger charge is -2.35. The van der Waals surface area contributed by atoms with Gasteiger partial charge in [-0.2, -0.15) is 13.2 Å². The van der Waals surface area contributed by atoms with Gasteiger partial charge >= 0.3 is 6.18 Å². The van der Waals surface area contributed by atoms with Crippen LogP contribution in [0.1, 0.15) is 24.0 Å². The van der Waals surface area contributed by atoms with Crippen molar-refractivity contribution in [2.75, 3.05) is 33.8 Å². The first-order valence-electron chi connectivity index (χ1n) is 8.94. The van der Waals surface area contributed by atoms with Gasteiger partial charge in [-0.25, -0.2) is 0 Å². The average molecular weight is 370 g/mol. The fraction of sp³-hybridized carbons (Fsp3) is 0.632. The van der Waals surface area contributed by atoms with Crippen LogP contribution in [0.4, 0.5) is 13.2 Å². The van der Waals surface area contributed by atoms with Crippen LogP contribution >= 0.6 is 0 Å². The predicted molar refractivity (Wildman–Crippen MR) is 91.4 cm³/mol. The third-order valence-corrected chi connectivity index (χ3v) is 5.41. The SMILES string of the molecule is CN(C)C(=O)C[C@@H]1OC[C@H]2CN(Cc3cccc(C(F)(F)F)c3)CC[C@H]21. The van der Waals surface area contributed by atoms with Crippen molar-refractivity contribution in [2.24, 2.45) is 11.8 Å². The molecule has 0 radical (unpaired) electrons. The number of carbonyl (C=O) groups is 1. The molecular formula is C19H25F3N2O2. The Morgan fingerprint density at radius 2 is 2.12 bits per heavy atom. The van der Waals surface area contributed by atoms with Crippen LogP contribution < -0.4 is 0 Å². The lowest BCUT2D eigenvalue weighted by atomic mass is 9.83. The second-order valence-electron chi connectivity index (χ2n) is 7.51. The first-order valence-corrected chi connectivity index (χ1v) is 8.94. The van der Waals surface area contributed by atoms with Gasteiger partial charge in [-0.3, -0.25) is 9.69 Å². The van der Waals surface area contributed by atoms with Crippen LogP contribution in [0.15, 0.2) is 24.3 Å². The molecule has 2 aliphatic rings. The zero-order chi connectivity index (χ0) is 18.9. The van der Waals surface area contributed by atoms with Crippen molar-refractivity contribution >= 4 is 5.91 Å². The Bertz CT molecular complexity index is 648. The minimum atomic E-state index is -4.31. The molecule has 7 heteroatoms. The standard InChI is InChI=1S/C19H25F3N2O2/c1-23(2)18(25)9-17-16-6-7-24(11-14(16)12-26-17)10-13-4-3-5-15(8-13)19(20,21)22/h3-5,8,14,16-17H,6-7,9-12H2,1-2H3/t14-,16-,17+/m1/s1. The summed E-state index contributed by atoms with van der Waals surface area (Å²) < 4.78 is 44.5. The van der Waals surface area contributed by atoms with E-state index in [1.807, 2.05) is 0 Å². The average Bonchev–Trinajstić information content (AvgIpc) is 2.96. The first-order chi connectivity index (χ1) is 12.2. The summed E-state index contributed by atoms with van der Waals surface area (Å²) in [5, 5.41) is 0. The number of halogens is 3. The Morgan fingerprint density at radius 1 is 1.35 bits per heavy atom. The number of nitrogens with zero attached hydrogens (tertiary/aromatic N) is 2. The summed E-state index contributed by atoms with van der Waals surface area (Å²) in [5.74, 6) is 0.771. The van der Waals surface area contributed by atoms with Crippen LogP contribution in [0.5, 0.6) is 0 Å². The third kappa shape index (κ3) is 4.38. The second-order valence-corrected chi connectivity index (χ2v) is 7.51. The zero-order valence-electron chi connectivity index (χ0n) is 15.1. The van der Waals surface area contributed by atoms with Crippen LogP contribution in [-0.4, -0.2) is 55.6 Å². The summed E-state index contributed by atoms with van der Waals surface area (Å²) >= 11 is 0. The van der Waals surface area contributed by atoms with Crippen LogP contribution in [-0.2, 0) is 22.3 Å². The monoisotopic (exact) mass is 370 g/mol. The van der Waals surface area contributed by atoms with Crippen molar-refractivity contribution in [1.82, 2.24) is 9.80 Å². The highest BCUT2D eigenvalue weighted by Gasteiger charge is 2.41. The molecule has 0 aromatic heterocycles. The normalized spacial score (nSPS) is 26.6. The molecule has 1 aromatic rings. The van der Waals surface area contributed by atoms with Crippen molar-refractivity contribution in [2.45, 2.75) is 31.7 Å². The van der Waals surface area contributed by atoms with Gasteiger partial charge in [0.2, 0.25) is 5.91 Å². The van der Waals surface area contributed by atoms with Gasteiger partial charge in [0.15, 0.2) is 0 Å². The molecule has 1 amide bonds. The molecule has 1 aromatic carbocycles. The van der Waals surface area contributed by atoms with Crippen LogP contribution in [0, 0.1) is 11.8 Å². The van der Waals surface area contributed by atoms with Crippen molar-refractivity contribution in [1.29, 1.82) is 0 Å². The van der Waals surface area contributed by atoms with Crippen molar-refractivity contribution < 1.29 is 22.7 Å². The maximum atomic E-state index is 12.9. The van der Waals surface area contributed by atoms with E-state index in [1.165, 1.54) is 12.1 Å². The van der Waals surface area contributed by atoms with Gasteiger partial charge in [-0.1, -0.05) is 18.2 Å². The highest BCUT2D eigenvalue weighted by Crippen LogP contribution is 2.37. The topological polar surface area (TPSA) is 32.8 Å². The smallest absolute Gasteiger partial charge is 0.377 e. The lowest BCUT2D eigenvalue weighted by molar-refractivity contribution is -0.137. The maximum Gasteiger partial charge on any atom is 0.416 e. The largest absolute Gasteiger partial charge is 0.416 e. The highest BCUT2D eigenvalue weighted by molar-refractivity contribution is 5.76. The zero-order valence-corrected chi connectivity index (χ0v) is 15.1. The number of piperidine rings is 1. The van der Waals surface area contributed by atoms with Crippen LogP contribution in [0.25, 0.3) is 0 Å². The van der Waals surface area contributed by atoms with E-state index in [9.17, 15) is 18.0 Å². The number of carbonyl (C=O) groups excluding carboxylic acids is 1. The Morgan fingerprint density at radius 3 is 2.81 bits per heavy atom. The van der Waals surface area contributed by atoms with Crippen LogP contribution in [0.3, 0.4) is 0 Å². The number of alkyl halides is 3. The number of likely N-dealkylation sites (tertiary alicyclic amines) is 1. The molecule has 2 aliphatic heterocycles. The number of hydrogen-bond donors (Lipinski definition) is 0. The van der Waals surface area contributed by atoms with Crippen molar-refractivity contribution in [3.8, 4) is 0 Å².